The Morgan fingerprint density at radius 1 is 1.07 bits per heavy atom. The summed E-state index contributed by atoms with van der Waals surface area (Å²) < 4.78 is 30.8. The first kappa shape index (κ1) is 18.1. The third-order valence-electron chi connectivity index (χ3n) is 3.72. The molecule has 0 atom stereocenters. The van der Waals surface area contributed by atoms with Crippen LogP contribution < -0.4 is 19.5 Å². The molecule has 1 aromatic heterocycles. The van der Waals surface area contributed by atoms with Gasteiger partial charge in [-0.15, -0.1) is 5.10 Å². The van der Waals surface area contributed by atoms with Gasteiger partial charge in [0.15, 0.2) is 11.5 Å². The smallest absolute Gasteiger partial charge is 0.257 e. The molecule has 0 unspecified atom stereocenters. The minimum Gasteiger partial charge on any atom is -0.493 e. The van der Waals surface area contributed by atoms with E-state index in [1.54, 1.807) is 12.1 Å². The quantitative estimate of drug-likeness (QED) is 0.706. The first-order valence-electron chi connectivity index (χ1n) is 7.71. The van der Waals surface area contributed by atoms with E-state index in [1.165, 1.54) is 44.5 Å². The van der Waals surface area contributed by atoms with Gasteiger partial charge >= 0.3 is 0 Å². The average Bonchev–Trinajstić information content (AvgIpc) is 3.21. The molecule has 3 rings (SSSR count). The van der Waals surface area contributed by atoms with Gasteiger partial charge in [-0.2, -0.15) is 4.68 Å². The van der Waals surface area contributed by atoms with E-state index in [0.29, 0.717) is 28.6 Å². The van der Waals surface area contributed by atoms with Crippen LogP contribution in [0.4, 0.5) is 10.1 Å². The molecule has 0 radical (unpaired) electrons. The summed E-state index contributed by atoms with van der Waals surface area (Å²) in [7, 11) is 4.40. The van der Waals surface area contributed by atoms with E-state index in [2.05, 4.69) is 20.8 Å². The molecule has 140 valence electrons. The lowest BCUT2D eigenvalue weighted by Gasteiger charge is -2.15. The normalized spacial score (nSPS) is 10.4. The monoisotopic (exact) mass is 373 g/mol. The van der Waals surface area contributed by atoms with Gasteiger partial charge in [0.05, 0.1) is 32.6 Å². The first-order chi connectivity index (χ1) is 13.1. The van der Waals surface area contributed by atoms with Crippen LogP contribution in [0.15, 0.2) is 36.7 Å². The second kappa shape index (κ2) is 7.68. The van der Waals surface area contributed by atoms with Gasteiger partial charge in [0.2, 0.25) is 5.75 Å². The highest BCUT2D eigenvalue weighted by atomic mass is 19.1. The Labute approximate surface area is 153 Å². The lowest BCUT2D eigenvalue weighted by Crippen LogP contribution is -2.16. The molecule has 0 saturated carbocycles. The number of carbonyl (C=O) groups is 1. The zero-order valence-electron chi connectivity index (χ0n) is 14.8. The van der Waals surface area contributed by atoms with Crippen LogP contribution in [0.3, 0.4) is 0 Å². The predicted octanol–water partition coefficient (Wildman–Crippen LogP) is 2.08. The zero-order chi connectivity index (χ0) is 19.4. The molecule has 0 spiro atoms. The third-order valence-corrected chi connectivity index (χ3v) is 3.72. The number of benzene rings is 2. The minimum atomic E-state index is -0.568. The summed E-state index contributed by atoms with van der Waals surface area (Å²) in [5, 5.41) is 13.5. The SMILES string of the molecule is COc1cc(NC(=O)c2cc(F)ccc2-n2cnnn2)cc(OC)c1OC. The Hall–Kier alpha value is -3.69. The number of rotatable bonds is 6. The van der Waals surface area contributed by atoms with Gasteiger partial charge in [-0.3, -0.25) is 4.79 Å². The summed E-state index contributed by atoms with van der Waals surface area (Å²) in [5.74, 6) is -0.00606. The number of hydrogen-bond donors (Lipinski definition) is 1. The Balaban J connectivity index is 1.98. The number of amides is 1. The molecule has 0 aliphatic rings. The molecule has 0 fully saturated rings. The lowest BCUT2D eigenvalue weighted by atomic mass is 10.1. The number of ether oxygens (including phenoxy) is 3. The summed E-state index contributed by atoms with van der Waals surface area (Å²) in [5.41, 5.74) is 0.754. The minimum absolute atomic E-state index is 0.0519. The van der Waals surface area contributed by atoms with Crippen molar-refractivity contribution in [2.75, 3.05) is 26.6 Å². The molecule has 1 amide bonds. The van der Waals surface area contributed by atoms with Gasteiger partial charge in [0.1, 0.15) is 12.1 Å². The van der Waals surface area contributed by atoms with E-state index in [4.69, 9.17) is 14.2 Å². The molecular formula is C17H16FN5O4. The maximum Gasteiger partial charge on any atom is 0.257 e. The maximum atomic E-state index is 13.7. The van der Waals surface area contributed by atoms with Crippen LogP contribution in [0.5, 0.6) is 17.2 Å². The van der Waals surface area contributed by atoms with Crippen LogP contribution in [0, 0.1) is 5.82 Å². The third kappa shape index (κ3) is 3.64. The van der Waals surface area contributed by atoms with Crippen molar-refractivity contribution < 1.29 is 23.4 Å². The summed E-state index contributed by atoms with van der Waals surface area (Å²) in [6.07, 6.45) is 1.31. The van der Waals surface area contributed by atoms with E-state index >= 15 is 0 Å². The van der Waals surface area contributed by atoms with E-state index < -0.39 is 11.7 Å². The van der Waals surface area contributed by atoms with Crippen molar-refractivity contribution in [2.45, 2.75) is 0 Å². The van der Waals surface area contributed by atoms with Crippen LogP contribution in [0.25, 0.3) is 5.69 Å². The highest BCUT2D eigenvalue weighted by molar-refractivity contribution is 6.07. The second-order valence-electron chi connectivity index (χ2n) is 5.28. The van der Waals surface area contributed by atoms with Crippen LogP contribution in [-0.2, 0) is 0 Å². The number of halogens is 1. The van der Waals surface area contributed by atoms with E-state index in [0.717, 1.165) is 6.07 Å². The first-order valence-corrected chi connectivity index (χ1v) is 7.71. The Bertz CT molecular complexity index is 937. The molecule has 0 bridgehead atoms. The molecule has 9 nitrogen and oxygen atoms in total. The van der Waals surface area contributed by atoms with Crippen molar-refractivity contribution in [3.63, 3.8) is 0 Å². The number of nitrogens with one attached hydrogen (secondary N) is 1. The summed E-state index contributed by atoms with van der Waals surface area (Å²) in [6, 6.07) is 6.86. The fourth-order valence-electron chi connectivity index (χ4n) is 2.51. The van der Waals surface area contributed by atoms with Crippen LogP contribution >= 0.6 is 0 Å². The largest absolute Gasteiger partial charge is 0.493 e. The van der Waals surface area contributed by atoms with Crippen molar-refractivity contribution in [1.82, 2.24) is 20.2 Å². The van der Waals surface area contributed by atoms with Crippen molar-refractivity contribution in [3.05, 3.63) is 48.0 Å². The Morgan fingerprint density at radius 3 is 2.33 bits per heavy atom. The number of aromatic nitrogens is 4. The van der Waals surface area contributed by atoms with Crippen LogP contribution in [-0.4, -0.2) is 47.4 Å². The fraction of sp³-hybridized carbons (Fsp3) is 0.176. The van der Waals surface area contributed by atoms with Gasteiger partial charge in [0, 0.05) is 17.8 Å². The van der Waals surface area contributed by atoms with Crippen molar-refractivity contribution >= 4 is 11.6 Å². The van der Waals surface area contributed by atoms with E-state index in [-0.39, 0.29) is 5.56 Å². The average molecular weight is 373 g/mol. The second-order valence-corrected chi connectivity index (χ2v) is 5.28. The van der Waals surface area contributed by atoms with E-state index in [9.17, 15) is 9.18 Å². The van der Waals surface area contributed by atoms with E-state index in [1.807, 2.05) is 0 Å². The number of nitrogens with zero attached hydrogens (tertiary/aromatic N) is 4. The number of hydrogen-bond acceptors (Lipinski definition) is 7. The molecule has 1 heterocycles. The van der Waals surface area contributed by atoms with Crippen molar-refractivity contribution in [3.8, 4) is 22.9 Å². The Morgan fingerprint density at radius 2 is 1.78 bits per heavy atom. The summed E-state index contributed by atoms with van der Waals surface area (Å²) >= 11 is 0. The molecule has 0 aliphatic carbocycles. The molecule has 1 N–H and O–H groups in total. The van der Waals surface area contributed by atoms with Crippen molar-refractivity contribution in [1.29, 1.82) is 0 Å². The van der Waals surface area contributed by atoms with Gasteiger partial charge in [0.25, 0.3) is 5.91 Å². The van der Waals surface area contributed by atoms with Gasteiger partial charge < -0.3 is 19.5 Å². The molecule has 2 aromatic carbocycles. The summed E-state index contributed by atoms with van der Waals surface area (Å²) in [4.78, 5) is 12.8. The van der Waals surface area contributed by atoms with Crippen LogP contribution in [0.1, 0.15) is 10.4 Å². The molecule has 3 aromatic rings. The number of tetrazole rings is 1. The standard InChI is InChI=1S/C17H16FN5O4/c1-25-14-7-11(8-15(26-2)16(14)27-3)20-17(24)12-6-10(18)4-5-13(12)23-9-19-21-22-23/h4-9H,1-3H3,(H,20,24). The lowest BCUT2D eigenvalue weighted by molar-refractivity contribution is 0.102. The molecule has 0 aliphatic heterocycles. The molecule has 27 heavy (non-hydrogen) atoms. The van der Waals surface area contributed by atoms with Gasteiger partial charge in [-0.25, -0.2) is 4.39 Å². The highest BCUT2D eigenvalue weighted by Crippen LogP contribution is 2.40. The van der Waals surface area contributed by atoms with Gasteiger partial charge in [-0.05, 0) is 28.6 Å². The molecular weight excluding hydrogens is 357 g/mol. The van der Waals surface area contributed by atoms with Crippen molar-refractivity contribution in [2.24, 2.45) is 0 Å². The predicted molar refractivity (Wildman–Crippen MR) is 93.2 cm³/mol. The maximum absolute atomic E-state index is 13.7. The number of anilines is 1. The highest BCUT2D eigenvalue weighted by Gasteiger charge is 2.18. The fourth-order valence-corrected chi connectivity index (χ4v) is 2.51. The van der Waals surface area contributed by atoms with Gasteiger partial charge in [-0.1, -0.05) is 0 Å². The molecule has 10 heteroatoms. The summed E-state index contributed by atoms with van der Waals surface area (Å²) in [6.45, 7) is 0. The van der Waals surface area contributed by atoms with Crippen LogP contribution in [0.2, 0.25) is 0 Å². The number of carbonyl (C=O) groups excluding carboxylic acids is 1. The Kier molecular flexibility index (Phi) is 5.15. The molecule has 0 saturated heterocycles. The topological polar surface area (TPSA) is 100 Å². The number of methoxy groups -OCH3 is 3. The zero-order valence-corrected chi connectivity index (χ0v) is 14.8.